The second kappa shape index (κ2) is 9.19. The molecule has 0 amide bonds. The van der Waals surface area contributed by atoms with Crippen LogP contribution in [0.3, 0.4) is 0 Å². The fourth-order valence-corrected chi connectivity index (χ4v) is 5.13. The van der Waals surface area contributed by atoms with E-state index in [9.17, 15) is 14.2 Å². The van der Waals surface area contributed by atoms with Crippen molar-refractivity contribution in [2.45, 2.75) is 32.4 Å². The van der Waals surface area contributed by atoms with Crippen molar-refractivity contribution in [3.8, 4) is 17.2 Å². The molecule has 2 aromatic rings. The van der Waals surface area contributed by atoms with E-state index in [1.807, 2.05) is 13.0 Å². The molecule has 156 valence electrons. The summed E-state index contributed by atoms with van der Waals surface area (Å²) in [6, 6.07) is 11.2. The molecule has 0 radical (unpaired) electrons. The molecule has 0 aromatic heterocycles. The molecular formula is C23H27FN4OS+2. The van der Waals surface area contributed by atoms with Gasteiger partial charge in [0.25, 0.3) is 0 Å². The summed E-state index contributed by atoms with van der Waals surface area (Å²) in [7, 11) is 0. The van der Waals surface area contributed by atoms with Crippen molar-refractivity contribution in [2.75, 3.05) is 24.2 Å². The first-order chi connectivity index (χ1) is 14.6. The Hall–Kier alpha value is -2.37. The van der Waals surface area contributed by atoms with Crippen molar-refractivity contribution >= 4 is 23.1 Å². The first-order valence-corrected chi connectivity index (χ1v) is 11.7. The number of quaternary nitrogens is 1. The van der Waals surface area contributed by atoms with Gasteiger partial charge in [0, 0.05) is 30.4 Å². The normalized spacial score (nSPS) is 17.9. The molecule has 4 N–H and O–H groups in total. The minimum Gasteiger partial charge on any atom is -0.382 e. The lowest BCUT2D eigenvalue weighted by molar-refractivity contribution is -0.604. The SMILES string of the molecule is CC[S+](O)N1CCC(Nc2cc(-c3ccc(F)c(C#N)c3)cc3c2C[NH2+]C=C3)CC1. The maximum Gasteiger partial charge on any atom is 0.237 e. The third-order valence-corrected chi connectivity index (χ3v) is 7.29. The number of nitrogens with one attached hydrogen (secondary N) is 1. The van der Waals surface area contributed by atoms with Gasteiger partial charge in [-0.3, -0.25) is 0 Å². The Morgan fingerprint density at radius 3 is 2.80 bits per heavy atom. The van der Waals surface area contributed by atoms with Crippen molar-refractivity contribution in [3.63, 3.8) is 0 Å². The maximum atomic E-state index is 13.8. The summed E-state index contributed by atoms with van der Waals surface area (Å²) in [5, 5.41) is 15.1. The zero-order valence-electron chi connectivity index (χ0n) is 17.1. The van der Waals surface area contributed by atoms with Gasteiger partial charge >= 0.3 is 0 Å². The molecule has 1 unspecified atom stereocenters. The number of rotatable bonds is 5. The molecule has 0 bridgehead atoms. The first kappa shape index (κ1) is 20.9. The van der Waals surface area contributed by atoms with Crippen molar-refractivity contribution < 1.29 is 14.3 Å². The predicted octanol–water partition coefficient (Wildman–Crippen LogP) is 3.31. The highest BCUT2D eigenvalue weighted by atomic mass is 32.2. The van der Waals surface area contributed by atoms with Gasteiger partial charge in [0.1, 0.15) is 18.4 Å². The van der Waals surface area contributed by atoms with E-state index in [-0.39, 0.29) is 5.56 Å². The van der Waals surface area contributed by atoms with Crippen molar-refractivity contribution in [2.24, 2.45) is 0 Å². The molecule has 5 nitrogen and oxygen atoms in total. The Kier molecular flexibility index (Phi) is 6.40. The van der Waals surface area contributed by atoms with Crippen molar-refractivity contribution in [1.29, 1.82) is 5.26 Å². The number of hydrogen-bond acceptors (Lipinski definition) is 4. The van der Waals surface area contributed by atoms with Gasteiger partial charge in [-0.25, -0.2) is 4.39 Å². The van der Waals surface area contributed by atoms with E-state index in [0.717, 1.165) is 60.6 Å². The summed E-state index contributed by atoms with van der Waals surface area (Å²) in [5.74, 6) is 0.284. The van der Waals surface area contributed by atoms with E-state index in [2.05, 4.69) is 39.3 Å². The molecule has 2 aliphatic heterocycles. The van der Waals surface area contributed by atoms with Crippen molar-refractivity contribution in [1.82, 2.24) is 4.31 Å². The molecule has 4 rings (SSSR count). The number of benzene rings is 2. The zero-order valence-corrected chi connectivity index (χ0v) is 17.9. The summed E-state index contributed by atoms with van der Waals surface area (Å²) >= 11 is -0.626. The molecule has 2 aromatic carbocycles. The van der Waals surface area contributed by atoms with Gasteiger partial charge in [0.15, 0.2) is 5.75 Å². The third kappa shape index (κ3) is 4.37. The second-order valence-electron chi connectivity index (χ2n) is 7.67. The van der Waals surface area contributed by atoms with Crippen LogP contribution in [0, 0.1) is 17.1 Å². The monoisotopic (exact) mass is 426 g/mol. The van der Waals surface area contributed by atoms with E-state index in [1.165, 1.54) is 11.6 Å². The van der Waals surface area contributed by atoms with E-state index in [1.54, 1.807) is 12.1 Å². The van der Waals surface area contributed by atoms with Crippen LogP contribution < -0.4 is 10.6 Å². The fraction of sp³-hybridized carbons (Fsp3) is 0.348. The quantitative estimate of drug-likeness (QED) is 0.641. The van der Waals surface area contributed by atoms with Gasteiger partial charge in [-0.2, -0.15) is 9.81 Å². The van der Waals surface area contributed by atoms with Gasteiger partial charge in [0.2, 0.25) is 11.4 Å². The van der Waals surface area contributed by atoms with Crippen LogP contribution in [0.5, 0.6) is 0 Å². The van der Waals surface area contributed by atoms with Gasteiger partial charge in [-0.15, -0.1) is 0 Å². The van der Waals surface area contributed by atoms with Crippen LogP contribution in [0.1, 0.15) is 36.5 Å². The molecule has 0 saturated carbocycles. The zero-order chi connectivity index (χ0) is 21.1. The smallest absolute Gasteiger partial charge is 0.237 e. The van der Waals surface area contributed by atoms with Gasteiger partial charge in [0.05, 0.1) is 11.8 Å². The highest BCUT2D eigenvalue weighted by molar-refractivity contribution is 7.89. The molecule has 1 fully saturated rings. The van der Waals surface area contributed by atoms with E-state index in [0.29, 0.717) is 6.04 Å². The largest absolute Gasteiger partial charge is 0.382 e. The van der Waals surface area contributed by atoms with Crippen LogP contribution >= 0.6 is 0 Å². The van der Waals surface area contributed by atoms with E-state index >= 15 is 0 Å². The molecule has 0 aliphatic carbocycles. The average molecular weight is 427 g/mol. The topological polar surface area (TPSA) is 75.9 Å². The van der Waals surface area contributed by atoms with Gasteiger partial charge in [-0.05, 0) is 66.8 Å². The van der Waals surface area contributed by atoms with E-state index in [4.69, 9.17) is 0 Å². The molecule has 1 saturated heterocycles. The number of fused-ring (bicyclic) bond motifs is 1. The summed E-state index contributed by atoms with van der Waals surface area (Å²) in [6.45, 7) is 4.67. The average Bonchev–Trinajstić information content (AvgIpc) is 2.79. The lowest BCUT2D eigenvalue weighted by Crippen LogP contribution is -2.77. The number of hydrogen-bond donors (Lipinski definition) is 3. The number of piperidine rings is 1. The predicted molar refractivity (Wildman–Crippen MR) is 120 cm³/mol. The summed E-state index contributed by atoms with van der Waals surface area (Å²) in [6.07, 6.45) is 6.13. The molecule has 1 atom stereocenters. The lowest BCUT2D eigenvalue weighted by Gasteiger charge is -2.30. The van der Waals surface area contributed by atoms with E-state index < -0.39 is 17.2 Å². The van der Waals surface area contributed by atoms with Crippen LogP contribution in [0.15, 0.2) is 36.5 Å². The Bertz CT molecular complexity index is 995. The highest BCUT2D eigenvalue weighted by Gasteiger charge is 2.31. The Morgan fingerprint density at radius 2 is 2.07 bits per heavy atom. The summed E-state index contributed by atoms with van der Waals surface area (Å²) in [4.78, 5) is 0. The van der Waals surface area contributed by atoms with Crippen LogP contribution in [0.25, 0.3) is 17.2 Å². The molecule has 2 heterocycles. The summed E-state index contributed by atoms with van der Waals surface area (Å²) < 4.78 is 26.1. The minimum absolute atomic E-state index is 0.0614. The maximum absolute atomic E-state index is 13.8. The lowest BCUT2D eigenvalue weighted by atomic mass is 9.94. The van der Waals surface area contributed by atoms with Gasteiger partial charge < -0.3 is 10.6 Å². The van der Waals surface area contributed by atoms with Crippen LogP contribution in [0.2, 0.25) is 0 Å². The molecular weight excluding hydrogens is 399 g/mol. The van der Waals surface area contributed by atoms with Crippen LogP contribution in [-0.2, 0) is 17.9 Å². The highest BCUT2D eigenvalue weighted by Crippen LogP contribution is 2.32. The molecule has 7 heteroatoms. The van der Waals surface area contributed by atoms with Crippen LogP contribution in [-0.4, -0.2) is 33.7 Å². The minimum atomic E-state index is -0.626. The summed E-state index contributed by atoms with van der Waals surface area (Å²) in [5.41, 5.74) is 5.39. The third-order valence-electron chi connectivity index (χ3n) is 5.81. The molecule has 2 aliphatic rings. The Balaban J connectivity index is 1.61. The molecule has 0 spiro atoms. The second-order valence-corrected chi connectivity index (χ2v) is 9.45. The fourth-order valence-electron chi connectivity index (χ4n) is 4.13. The number of anilines is 1. The van der Waals surface area contributed by atoms with Crippen LogP contribution in [0.4, 0.5) is 10.1 Å². The Morgan fingerprint density at radius 1 is 1.27 bits per heavy atom. The molecule has 30 heavy (non-hydrogen) atoms. The number of halogens is 1. The Labute approximate surface area is 179 Å². The van der Waals surface area contributed by atoms with Crippen molar-refractivity contribution in [3.05, 3.63) is 59.0 Å². The van der Waals surface area contributed by atoms with Gasteiger partial charge in [-0.1, -0.05) is 10.4 Å². The standard InChI is InChI=1S/C23H26FN4OS/c1-2-30(29)28-9-6-20(7-10-28)27-23-13-18(12-17-5-8-26-15-21(17)23)16-3-4-22(24)19(11-16)14-25/h3-5,8,11-13,20,26-27,29H,2,6-7,9-10,15H2,1H3/q+1/p+1. The first-order valence-electron chi connectivity index (χ1n) is 10.4. The number of nitriles is 1. The number of nitrogens with zero attached hydrogens (tertiary/aromatic N) is 2. The number of nitrogens with two attached hydrogens (primary N) is 1.